The summed E-state index contributed by atoms with van der Waals surface area (Å²) in [7, 11) is 0. The van der Waals surface area contributed by atoms with Gasteiger partial charge in [0.15, 0.2) is 4.96 Å². The molecule has 23 heavy (non-hydrogen) atoms. The summed E-state index contributed by atoms with van der Waals surface area (Å²) < 4.78 is 39.3. The first-order chi connectivity index (χ1) is 10.8. The average molecular weight is 346 g/mol. The van der Waals surface area contributed by atoms with Crippen molar-refractivity contribution in [3.8, 4) is 0 Å². The quantitative estimate of drug-likeness (QED) is 0.903. The third-order valence-electron chi connectivity index (χ3n) is 4.24. The molecule has 0 radical (unpaired) electrons. The smallest absolute Gasteiger partial charge is 0.311 e. The standard InChI is InChI=1S/C15H21F3N4S/c1-10-7-22-13(11(2)20-14(22)23-10)6-19-5-12-3-4-21(8-12)9-15(16,17)18/h7,12,19H,3-6,8-9H2,1-2H3. The van der Waals surface area contributed by atoms with E-state index in [9.17, 15) is 13.2 Å². The Hall–Kier alpha value is -1.12. The molecule has 1 unspecified atom stereocenters. The highest BCUT2D eigenvalue weighted by Crippen LogP contribution is 2.23. The SMILES string of the molecule is Cc1cn2c(CNCC3CCN(CC(F)(F)F)C3)c(C)nc2s1. The van der Waals surface area contributed by atoms with Gasteiger partial charge in [0, 0.05) is 24.2 Å². The van der Waals surface area contributed by atoms with Crippen LogP contribution in [0.2, 0.25) is 0 Å². The van der Waals surface area contributed by atoms with Crippen LogP contribution in [-0.4, -0.2) is 46.6 Å². The number of hydrogen-bond acceptors (Lipinski definition) is 4. The lowest BCUT2D eigenvalue weighted by Crippen LogP contribution is -2.33. The highest BCUT2D eigenvalue weighted by molar-refractivity contribution is 7.17. The van der Waals surface area contributed by atoms with Crippen molar-refractivity contribution in [1.82, 2.24) is 19.6 Å². The average Bonchev–Trinajstić information content (AvgIpc) is 3.05. The van der Waals surface area contributed by atoms with Crippen LogP contribution in [-0.2, 0) is 6.54 Å². The molecule has 0 aromatic carbocycles. The monoisotopic (exact) mass is 346 g/mol. The van der Waals surface area contributed by atoms with Crippen molar-refractivity contribution in [2.45, 2.75) is 33.0 Å². The number of imidazole rings is 1. The number of nitrogens with one attached hydrogen (secondary N) is 1. The molecule has 1 aliphatic heterocycles. The molecule has 0 spiro atoms. The zero-order valence-corrected chi connectivity index (χ0v) is 14.1. The molecule has 4 nitrogen and oxygen atoms in total. The molecule has 1 N–H and O–H groups in total. The second-order valence-electron chi connectivity index (χ2n) is 6.27. The van der Waals surface area contributed by atoms with E-state index in [0.29, 0.717) is 19.6 Å². The molecule has 1 fully saturated rings. The Balaban J connectivity index is 1.51. The van der Waals surface area contributed by atoms with Crippen LogP contribution < -0.4 is 5.32 Å². The zero-order valence-electron chi connectivity index (χ0n) is 13.3. The van der Waals surface area contributed by atoms with E-state index in [1.165, 1.54) is 9.78 Å². The Morgan fingerprint density at radius 1 is 1.39 bits per heavy atom. The van der Waals surface area contributed by atoms with E-state index < -0.39 is 12.7 Å². The van der Waals surface area contributed by atoms with Gasteiger partial charge in [-0.05, 0) is 39.3 Å². The van der Waals surface area contributed by atoms with E-state index in [2.05, 4.69) is 27.8 Å². The van der Waals surface area contributed by atoms with Gasteiger partial charge in [0.1, 0.15) is 0 Å². The molecule has 128 valence electrons. The van der Waals surface area contributed by atoms with E-state index >= 15 is 0 Å². The first kappa shape index (κ1) is 16.7. The number of nitrogens with zero attached hydrogens (tertiary/aromatic N) is 3. The third-order valence-corrected chi connectivity index (χ3v) is 5.14. The lowest BCUT2D eigenvalue weighted by molar-refractivity contribution is -0.143. The van der Waals surface area contributed by atoms with E-state index in [1.807, 2.05) is 6.92 Å². The predicted octanol–water partition coefficient (Wildman–Crippen LogP) is 2.99. The number of fused-ring (bicyclic) bond motifs is 1. The van der Waals surface area contributed by atoms with Gasteiger partial charge in [0.2, 0.25) is 0 Å². The van der Waals surface area contributed by atoms with Gasteiger partial charge in [-0.1, -0.05) is 0 Å². The molecular formula is C15H21F3N4S. The van der Waals surface area contributed by atoms with Crippen molar-refractivity contribution in [2.24, 2.45) is 5.92 Å². The summed E-state index contributed by atoms with van der Waals surface area (Å²) in [5.74, 6) is 0.283. The summed E-state index contributed by atoms with van der Waals surface area (Å²) in [4.78, 5) is 8.25. The second kappa shape index (κ2) is 6.41. The van der Waals surface area contributed by atoms with Crippen molar-refractivity contribution in [1.29, 1.82) is 0 Å². The minimum absolute atomic E-state index is 0.283. The summed E-state index contributed by atoms with van der Waals surface area (Å²) in [6, 6.07) is 0. The van der Waals surface area contributed by atoms with E-state index in [1.54, 1.807) is 11.3 Å². The van der Waals surface area contributed by atoms with Crippen LogP contribution >= 0.6 is 11.3 Å². The van der Waals surface area contributed by atoms with E-state index in [4.69, 9.17) is 0 Å². The number of alkyl halides is 3. The van der Waals surface area contributed by atoms with Crippen LogP contribution in [0.4, 0.5) is 13.2 Å². The van der Waals surface area contributed by atoms with Gasteiger partial charge < -0.3 is 5.32 Å². The Bertz CT molecular complexity index is 676. The minimum Gasteiger partial charge on any atom is -0.311 e. The Morgan fingerprint density at radius 3 is 2.91 bits per heavy atom. The predicted molar refractivity (Wildman–Crippen MR) is 84.9 cm³/mol. The Kier molecular flexibility index (Phi) is 4.66. The van der Waals surface area contributed by atoms with Crippen molar-refractivity contribution in [2.75, 3.05) is 26.2 Å². The molecule has 0 saturated carbocycles. The maximum absolute atomic E-state index is 12.4. The molecular weight excluding hydrogens is 325 g/mol. The van der Waals surface area contributed by atoms with Crippen molar-refractivity contribution >= 4 is 16.3 Å². The van der Waals surface area contributed by atoms with Crippen molar-refractivity contribution < 1.29 is 13.2 Å². The molecule has 3 heterocycles. The lowest BCUT2D eigenvalue weighted by Gasteiger charge is -2.18. The zero-order chi connectivity index (χ0) is 16.6. The van der Waals surface area contributed by atoms with Crippen LogP contribution in [0, 0.1) is 19.8 Å². The minimum atomic E-state index is -4.10. The fraction of sp³-hybridized carbons (Fsp3) is 0.667. The highest BCUT2D eigenvalue weighted by Gasteiger charge is 2.34. The van der Waals surface area contributed by atoms with Crippen LogP contribution in [0.3, 0.4) is 0 Å². The topological polar surface area (TPSA) is 32.6 Å². The Morgan fingerprint density at radius 2 is 2.17 bits per heavy atom. The summed E-state index contributed by atoms with van der Waals surface area (Å²) in [5.41, 5.74) is 2.14. The number of aromatic nitrogens is 2. The number of thiazole rings is 1. The second-order valence-corrected chi connectivity index (χ2v) is 7.49. The normalized spacial score (nSPS) is 20.0. The summed E-state index contributed by atoms with van der Waals surface area (Å²) in [6.07, 6.45) is -1.20. The highest BCUT2D eigenvalue weighted by atomic mass is 32.1. The molecule has 8 heteroatoms. The van der Waals surface area contributed by atoms with E-state index in [0.717, 1.165) is 29.3 Å². The summed E-state index contributed by atoms with van der Waals surface area (Å²) in [5, 5.41) is 3.39. The first-order valence-electron chi connectivity index (χ1n) is 7.75. The van der Waals surface area contributed by atoms with Gasteiger partial charge >= 0.3 is 6.18 Å². The number of halogens is 3. The van der Waals surface area contributed by atoms with Crippen LogP contribution in [0.5, 0.6) is 0 Å². The van der Waals surface area contributed by atoms with Gasteiger partial charge in [-0.25, -0.2) is 4.98 Å². The summed E-state index contributed by atoms with van der Waals surface area (Å²) >= 11 is 1.66. The Labute approximate surface area is 137 Å². The number of aryl methyl sites for hydroxylation is 2. The van der Waals surface area contributed by atoms with Crippen molar-refractivity contribution in [3.05, 3.63) is 22.5 Å². The van der Waals surface area contributed by atoms with Gasteiger partial charge in [0.25, 0.3) is 0 Å². The molecule has 0 aliphatic carbocycles. The van der Waals surface area contributed by atoms with Crippen molar-refractivity contribution in [3.63, 3.8) is 0 Å². The molecule has 3 rings (SSSR count). The first-order valence-corrected chi connectivity index (χ1v) is 8.57. The number of rotatable bonds is 5. The fourth-order valence-electron chi connectivity index (χ4n) is 3.19. The maximum atomic E-state index is 12.4. The third kappa shape index (κ3) is 4.05. The van der Waals surface area contributed by atoms with Crippen LogP contribution in [0.25, 0.3) is 4.96 Å². The van der Waals surface area contributed by atoms with Gasteiger partial charge in [-0.15, -0.1) is 11.3 Å². The molecule has 2 aromatic rings. The maximum Gasteiger partial charge on any atom is 0.401 e. The molecule has 1 atom stereocenters. The van der Waals surface area contributed by atoms with E-state index in [-0.39, 0.29) is 5.92 Å². The lowest BCUT2D eigenvalue weighted by atomic mass is 10.1. The van der Waals surface area contributed by atoms with Gasteiger partial charge in [-0.2, -0.15) is 13.2 Å². The van der Waals surface area contributed by atoms with Gasteiger partial charge in [0.05, 0.1) is 17.9 Å². The number of likely N-dealkylation sites (tertiary alicyclic amines) is 1. The fourth-order valence-corrected chi connectivity index (χ4v) is 4.08. The van der Waals surface area contributed by atoms with Gasteiger partial charge in [-0.3, -0.25) is 9.30 Å². The van der Waals surface area contributed by atoms with Crippen LogP contribution in [0.15, 0.2) is 6.20 Å². The molecule has 1 aliphatic rings. The molecule has 1 saturated heterocycles. The summed E-state index contributed by atoms with van der Waals surface area (Å²) in [6.45, 7) is 5.74. The largest absolute Gasteiger partial charge is 0.401 e. The number of hydrogen-bond donors (Lipinski definition) is 1. The molecule has 0 bridgehead atoms. The molecule has 0 amide bonds. The molecule has 2 aromatic heterocycles. The van der Waals surface area contributed by atoms with Crippen LogP contribution in [0.1, 0.15) is 22.7 Å².